The van der Waals surface area contributed by atoms with Gasteiger partial charge in [0.15, 0.2) is 0 Å². The lowest BCUT2D eigenvalue weighted by Crippen LogP contribution is -2.40. The van der Waals surface area contributed by atoms with E-state index in [-0.39, 0.29) is 5.91 Å². The Labute approximate surface area is 218 Å². The zero-order chi connectivity index (χ0) is 26.6. The summed E-state index contributed by atoms with van der Waals surface area (Å²) < 4.78 is 7.28. The summed E-state index contributed by atoms with van der Waals surface area (Å²) in [7, 11) is 0. The second kappa shape index (κ2) is 11.0. The second-order valence-electron chi connectivity index (χ2n) is 10.7. The Kier molecular flexibility index (Phi) is 7.72. The molecule has 1 aliphatic heterocycles. The molecule has 1 aromatic heterocycles. The Morgan fingerprint density at radius 3 is 2.57 bits per heavy atom. The third kappa shape index (κ3) is 6.62. The van der Waals surface area contributed by atoms with E-state index in [9.17, 15) is 14.9 Å². The Bertz CT molecular complexity index is 1320. The minimum atomic E-state index is -0.512. The normalized spacial score (nSPS) is 14.4. The van der Waals surface area contributed by atoms with Gasteiger partial charge in [0.2, 0.25) is 0 Å². The number of carbonyl (C=O) groups is 2. The van der Waals surface area contributed by atoms with Crippen LogP contribution in [0.5, 0.6) is 0 Å². The molecule has 2 amide bonds. The highest BCUT2D eigenvalue weighted by Gasteiger charge is 2.27. The number of nitrogens with one attached hydrogen (secondary N) is 1. The molecule has 1 saturated heterocycles. The molecule has 0 saturated carbocycles. The number of piperidine rings is 1. The number of ether oxygens (including phenoxy) is 1. The predicted octanol–water partition coefficient (Wildman–Crippen LogP) is 4.91. The van der Waals surface area contributed by atoms with Gasteiger partial charge in [0.1, 0.15) is 11.3 Å². The van der Waals surface area contributed by atoms with E-state index in [0.717, 1.165) is 35.7 Å². The molecule has 194 valence electrons. The van der Waals surface area contributed by atoms with Gasteiger partial charge in [-0.25, -0.2) is 4.79 Å². The summed E-state index contributed by atoms with van der Waals surface area (Å²) >= 11 is 0. The third-order valence-corrected chi connectivity index (χ3v) is 6.67. The quantitative estimate of drug-likeness (QED) is 0.466. The first-order valence-corrected chi connectivity index (χ1v) is 12.8. The van der Waals surface area contributed by atoms with Crippen LogP contribution in [-0.2, 0) is 11.3 Å². The number of nitrogens with two attached hydrogens (primary N) is 1. The number of nitriles is 1. The molecular weight excluding hydrogens is 466 g/mol. The summed E-state index contributed by atoms with van der Waals surface area (Å²) in [6.45, 7) is 7.91. The van der Waals surface area contributed by atoms with Crippen LogP contribution in [0.25, 0.3) is 10.9 Å². The third-order valence-electron chi connectivity index (χ3n) is 6.67. The van der Waals surface area contributed by atoms with Gasteiger partial charge in [-0.2, -0.15) is 5.26 Å². The maximum Gasteiger partial charge on any atom is 0.407 e. The molecule has 3 aromatic rings. The van der Waals surface area contributed by atoms with Crippen molar-refractivity contribution in [2.24, 2.45) is 5.92 Å². The van der Waals surface area contributed by atoms with Crippen LogP contribution < -0.4 is 11.1 Å². The van der Waals surface area contributed by atoms with Crippen molar-refractivity contribution in [2.75, 3.05) is 25.4 Å². The zero-order valence-electron chi connectivity index (χ0n) is 21.8. The zero-order valence-corrected chi connectivity index (χ0v) is 21.8. The van der Waals surface area contributed by atoms with E-state index in [2.05, 4.69) is 11.4 Å². The van der Waals surface area contributed by atoms with Crippen molar-refractivity contribution in [1.29, 1.82) is 5.26 Å². The van der Waals surface area contributed by atoms with Crippen molar-refractivity contribution >= 4 is 28.6 Å². The lowest BCUT2D eigenvalue weighted by atomic mass is 9.93. The highest BCUT2D eigenvalue weighted by Crippen LogP contribution is 2.27. The monoisotopic (exact) mass is 501 g/mol. The minimum Gasteiger partial charge on any atom is -0.444 e. The molecule has 3 N–H and O–H groups in total. The van der Waals surface area contributed by atoms with Crippen LogP contribution in [0.15, 0.2) is 48.5 Å². The van der Waals surface area contributed by atoms with Crippen molar-refractivity contribution in [3.05, 3.63) is 65.4 Å². The Morgan fingerprint density at radius 2 is 1.89 bits per heavy atom. The van der Waals surface area contributed by atoms with Crippen LogP contribution in [0, 0.1) is 17.2 Å². The fourth-order valence-electron chi connectivity index (χ4n) is 4.82. The van der Waals surface area contributed by atoms with Crippen molar-refractivity contribution in [3.8, 4) is 6.07 Å². The van der Waals surface area contributed by atoms with E-state index < -0.39 is 11.7 Å². The predicted molar refractivity (Wildman–Crippen MR) is 144 cm³/mol. The Balaban J connectivity index is 1.44. The van der Waals surface area contributed by atoms with Crippen LogP contribution in [0.4, 0.5) is 10.5 Å². The molecule has 2 aromatic carbocycles. The highest BCUT2D eigenvalue weighted by atomic mass is 16.6. The highest BCUT2D eigenvalue weighted by molar-refractivity contribution is 5.99. The van der Waals surface area contributed by atoms with Crippen molar-refractivity contribution in [3.63, 3.8) is 0 Å². The fourth-order valence-corrected chi connectivity index (χ4v) is 4.82. The minimum absolute atomic E-state index is 0.0102. The Hall–Kier alpha value is -3.99. The maximum atomic E-state index is 13.7. The molecular formula is C29H35N5O3. The standard InChI is InChI=1S/C29H35N5O3/c1-29(2,3)37-28(36)32-12-9-20-10-13-33(14-11-20)27(35)26-17-23-8-7-21(18-30)16-25(23)34(26)19-22-5-4-6-24(31)15-22/h4-8,15-17,20H,9-14,19,31H2,1-3H3,(H,32,36). The van der Waals surface area contributed by atoms with Crippen molar-refractivity contribution in [1.82, 2.24) is 14.8 Å². The number of nitrogen functional groups attached to an aromatic ring is 1. The average molecular weight is 502 g/mol. The molecule has 37 heavy (non-hydrogen) atoms. The molecule has 0 aliphatic carbocycles. The number of likely N-dealkylation sites (tertiary alicyclic amines) is 1. The molecule has 0 bridgehead atoms. The summed E-state index contributed by atoms with van der Waals surface area (Å²) in [5.74, 6) is 0.430. The summed E-state index contributed by atoms with van der Waals surface area (Å²) in [5.41, 5.74) is 9.16. The molecule has 0 atom stereocenters. The topological polar surface area (TPSA) is 113 Å². The van der Waals surface area contributed by atoms with E-state index in [1.54, 1.807) is 6.07 Å². The number of rotatable bonds is 6. The lowest BCUT2D eigenvalue weighted by molar-refractivity contribution is 0.0522. The van der Waals surface area contributed by atoms with Crippen molar-refractivity contribution in [2.45, 2.75) is 52.2 Å². The fraction of sp³-hybridized carbons (Fsp3) is 0.414. The summed E-state index contributed by atoms with van der Waals surface area (Å²) in [6, 6.07) is 17.3. The Morgan fingerprint density at radius 1 is 1.14 bits per heavy atom. The average Bonchev–Trinajstić information content (AvgIpc) is 3.20. The molecule has 1 fully saturated rings. The van der Waals surface area contributed by atoms with Gasteiger partial charge in [-0.05, 0) is 81.8 Å². The molecule has 8 heteroatoms. The van der Waals surface area contributed by atoms with Gasteiger partial charge < -0.3 is 25.3 Å². The molecule has 0 radical (unpaired) electrons. The van der Waals surface area contributed by atoms with E-state index in [1.807, 2.05) is 72.7 Å². The number of fused-ring (bicyclic) bond motifs is 1. The molecule has 1 aliphatic rings. The van der Waals surface area contributed by atoms with Gasteiger partial charge >= 0.3 is 6.09 Å². The van der Waals surface area contributed by atoms with E-state index in [4.69, 9.17) is 10.5 Å². The lowest BCUT2D eigenvalue weighted by Gasteiger charge is -2.32. The van der Waals surface area contributed by atoms with Gasteiger partial charge in [0.05, 0.1) is 17.1 Å². The van der Waals surface area contributed by atoms with Gasteiger partial charge in [-0.3, -0.25) is 4.79 Å². The SMILES string of the molecule is CC(C)(C)OC(=O)NCCC1CCN(C(=O)c2cc3ccc(C#N)cc3n2Cc2cccc(N)c2)CC1. The van der Waals surface area contributed by atoms with Gasteiger partial charge in [-0.15, -0.1) is 0 Å². The number of benzene rings is 2. The van der Waals surface area contributed by atoms with Crippen LogP contribution in [-0.4, -0.2) is 46.7 Å². The number of hydrogen-bond acceptors (Lipinski definition) is 5. The number of carbonyl (C=O) groups excluding carboxylic acids is 2. The largest absolute Gasteiger partial charge is 0.444 e. The molecule has 0 unspecified atom stereocenters. The summed E-state index contributed by atoms with van der Waals surface area (Å²) in [5, 5.41) is 13.2. The molecule has 0 spiro atoms. The number of hydrogen-bond donors (Lipinski definition) is 2. The van der Waals surface area contributed by atoms with E-state index >= 15 is 0 Å². The van der Waals surface area contributed by atoms with Gasteiger partial charge in [-0.1, -0.05) is 18.2 Å². The van der Waals surface area contributed by atoms with Crippen LogP contribution in [0.3, 0.4) is 0 Å². The number of aromatic nitrogens is 1. The number of amides is 2. The summed E-state index contributed by atoms with van der Waals surface area (Å²) in [6.07, 6.45) is 2.23. The van der Waals surface area contributed by atoms with Crippen LogP contribution in [0.1, 0.15) is 61.6 Å². The number of nitrogens with zero attached hydrogens (tertiary/aromatic N) is 3. The van der Waals surface area contributed by atoms with E-state index in [1.165, 1.54) is 0 Å². The van der Waals surface area contributed by atoms with Gasteiger partial charge in [0.25, 0.3) is 5.91 Å². The molecule has 8 nitrogen and oxygen atoms in total. The van der Waals surface area contributed by atoms with Crippen molar-refractivity contribution < 1.29 is 14.3 Å². The van der Waals surface area contributed by atoms with Gasteiger partial charge in [0, 0.05) is 37.3 Å². The molecule has 2 heterocycles. The maximum absolute atomic E-state index is 13.7. The first-order chi connectivity index (χ1) is 17.6. The first kappa shape index (κ1) is 26.1. The van der Waals surface area contributed by atoms with E-state index in [0.29, 0.717) is 49.0 Å². The summed E-state index contributed by atoms with van der Waals surface area (Å²) in [4.78, 5) is 27.5. The number of alkyl carbamates (subject to hydrolysis) is 1. The second-order valence-corrected chi connectivity index (χ2v) is 10.7. The van der Waals surface area contributed by atoms with Crippen LogP contribution in [0.2, 0.25) is 0 Å². The number of anilines is 1. The molecule has 4 rings (SSSR count). The first-order valence-electron chi connectivity index (χ1n) is 12.8. The van der Waals surface area contributed by atoms with Crippen LogP contribution >= 0.6 is 0 Å². The smallest absolute Gasteiger partial charge is 0.407 e.